The molecular formula is C19H21F3N4O2. The number of rotatable bonds is 4. The number of alkyl halides is 3. The first-order valence-electron chi connectivity index (χ1n) is 8.92. The van der Waals surface area contributed by atoms with Gasteiger partial charge in [-0.05, 0) is 26.0 Å². The summed E-state index contributed by atoms with van der Waals surface area (Å²) in [5.74, 6) is 0.741. The number of hydrogen-bond acceptors (Lipinski definition) is 5. The smallest absolute Gasteiger partial charge is 0.433 e. The summed E-state index contributed by atoms with van der Waals surface area (Å²) in [5, 5.41) is 0. The number of aryl methyl sites for hydroxylation is 1. The molecule has 0 spiro atoms. The van der Waals surface area contributed by atoms with Gasteiger partial charge in [0.25, 0.3) is 5.91 Å². The van der Waals surface area contributed by atoms with E-state index in [9.17, 15) is 18.0 Å². The molecule has 0 radical (unpaired) electrons. The number of para-hydroxylation sites is 1. The van der Waals surface area contributed by atoms with Gasteiger partial charge in [0.1, 0.15) is 23.1 Å². The molecule has 1 amide bonds. The van der Waals surface area contributed by atoms with Crippen molar-refractivity contribution in [1.82, 2.24) is 14.9 Å². The third kappa shape index (κ3) is 4.71. The van der Waals surface area contributed by atoms with E-state index in [1.54, 1.807) is 28.9 Å². The van der Waals surface area contributed by atoms with Gasteiger partial charge < -0.3 is 14.5 Å². The van der Waals surface area contributed by atoms with Gasteiger partial charge in [-0.3, -0.25) is 4.79 Å². The number of benzene rings is 1. The van der Waals surface area contributed by atoms with Gasteiger partial charge in [-0.1, -0.05) is 18.2 Å². The molecule has 1 unspecified atom stereocenters. The SMILES string of the molecule is Cc1nc(N2CCN(C(=O)C(C)Oc3ccccc3)CC2)cc(C(F)(F)F)n1. The van der Waals surface area contributed by atoms with Gasteiger partial charge in [-0.25, -0.2) is 9.97 Å². The maximum atomic E-state index is 13.0. The van der Waals surface area contributed by atoms with Crippen LogP contribution in [0.5, 0.6) is 5.75 Å². The summed E-state index contributed by atoms with van der Waals surface area (Å²) >= 11 is 0. The van der Waals surface area contributed by atoms with E-state index in [-0.39, 0.29) is 17.5 Å². The summed E-state index contributed by atoms with van der Waals surface area (Å²) in [4.78, 5) is 23.6. The Kier molecular flexibility index (Phi) is 5.71. The number of aromatic nitrogens is 2. The second-order valence-corrected chi connectivity index (χ2v) is 6.54. The Hall–Kier alpha value is -2.84. The highest BCUT2D eigenvalue weighted by Crippen LogP contribution is 2.30. The summed E-state index contributed by atoms with van der Waals surface area (Å²) in [6, 6.07) is 10.0. The van der Waals surface area contributed by atoms with Crippen LogP contribution in [0.2, 0.25) is 0 Å². The van der Waals surface area contributed by atoms with Crippen LogP contribution in [0.25, 0.3) is 0 Å². The van der Waals surface area contributed by atoms with Crippen LogP contribution in [0, 0.1) is 6.92 Å². The zero-order valence-electron chi connectivity index (χ0n) is 15.6. The van der Waals surface area contributed by atoms with Crippen molar-refractivity contribution in [2.45, 2.75) is 26.1 Å². The molecular weight excluding hydrogens is 373 g/mol. The molecule has 3 rings (SSSR count). The number of carbonyl (C=O) groups is 1. The van der Waals surface area contributed by atoms with E-state index in [1.807, 2.05) is 18.2 Å². The van der Waals surface area contributed by atoms with Gasteiger partial charge in [0.05, 0.1) is 0 Å². The van der Waals surface area contributed by atoms with Crippen LogP contribution in [0.1, 0.15) is 18.4 Å². The molecule has 1 aliphatic heterocycles. The van der Waals surface area contributed by atoms with Crippen LogP contribution in [-0.2, 0) is 11.0 Å². The Morgan fingerprint density at radius 3 is 2.36 bits per heavy atom. The lowest BCUT2D eigenvalue weighted by molar-refractivity contribution is -0.141. The first-order valence-corrected chi connectivity index (χ1v) is 8.92. The fourth-order valence-corrected chi connectivity index (χ4v) is 3.03. The minimum atomic E-state index is -4.52. The van der Waals surface area contributed by atoms with Gasteiger partial charge in [-0.15, -0.1) is 0 Å². The van der Waals surface area contributed by atoms with E-state index in [0.717, 1.165) is 6.07 Å². The number of anilines is 1. The van der Waals surface area contributed by atoms with Crippen molar-refractivity contribution in [2.24, 2.45) is 0 Å². The fourth-order valence-electron chi connectivity index (χ4n) is 3.03. The van der Waals surface area contributed by atoms with Crippen LogP contribution >= 0.6 is 0 Å². The van der Waals surface area contributed by atoms with E-state index < -0.39 is 18.0 Å². The molecule has 2 heterocycles. The second kappa shape index (κ2) is 8.04. The molecule has 0 bridgehead atoms. The first-order chi connectivity index (χ1) is 13.2. The molecule has 0 aliphatic carbocycles. The van der Waals surface area contributed by atoms with Crippen molar-refractivity contribution in [3.05, 3.63) is 47.9 Å². The molecule has 1 aliphatic rings. The Balaban J connectivity index is 1.61. The van der Waals surface area contributed by atoms with Crippen molar-refractivity contribution >= 4 is 11.7 Å². The van der Waals surface area contributed by atoms with Gasteiger partial charge >= 0.3 is 6.18 Å². The van der Waals surface area contributed by atoms with Gasteiger partial charge in [-0.2, -0.15) is 13.2 Å². The molecule has 2 aromatic rings. The highest BCUT2D eigenvalue weighted by atomic mass is 19.4. The lowest BCUT2D eigenvalue weighted by Gasteiger charge is -2.36. The van der Waals surface area contributed by atoms with Crippen LogP contribution in [0.3, 0.4) is 0 Å². The Morgan fingerprint density at radius 2 is 1.75 bits per heavy atom. The summed E-state index contributed by atoms with van der Waals surface area (Å²) in [5.41, 5.74) is -0.960. The predicted octanol–water partition coefficient (Wildman–Crippen LogP) is 2.92. The summed E-state index contributed by atoms with van der Waals surface area (Å²) in [7, 11) is 0. The monoisotopic (exact) mass is 394 g/mol. The highest BCUT2D eigenvalue weighted by Gasteiger charge is 2.34. The Labute approximate surface area is 160 Å². The third-order valence-electron chi connectivity index (χ3n) is 4.43. The first kappa shape index (κ1) is 19.9. The topological polar surface area (TPSA) is 58.6 Å². The van der Waals surface area contributed by atoms with Crippen molar-refractivity contribution in [3.8, 4) is 5.75 Å². The largest absolute Gasteiger partial charge is 0.481 e. The summed E-state index contributed by atoms with van der Waals surface area (Å²) in [6.07, 6.45) is -5.17. The van der Waals surface area contributed by atoms with Gasteiger partial charge in [0.15, 0.2) is 6.10 Å². The van der Waals surface area contributed by atoms with Gasteiger partial charge in [0.2, 0.25) is 0 Å². The van der Waals surface area contributed by atoms with Crippen molar-refractivity contribution < 1.29 is 22.7 Å². The zero-order valence-corrected chi connectivity index (χ0v) is 15.6. The molecule has 1 saturated heterocycles. The average Bonchev–Trinajstić information content (AvgIpc) is 2.67. The van der Waals surface area contributed by atoms with Crippen LogP contribution in [0.15, 0.2) is 36.4 Å². The molecule has 0 saturated carbocycles. The van der Waals surface area contributed by atoms with Gasteiger partial charge in [0, 0.05) is 32.2 Å². The molecule has 1 aromatic heterocycles. The number of carbonyl (C=O) groups excluding carboxylic acids is 1. The zero-order chi connectivity index (χ0) is 20.3. The highest BCUT2D eigenvalue weighted by molar-refractivity contribution is 5.81. The molecule has 150 valence electrons. The van der Waals surface area contributed by atoms with Crippen LogP contribution in [0.4, 0.5) is 19.0 Å². The molecule has 0 N–H and O–H groups in total. The number of piperazine rings is 1. The maximum absolute atomic E-state index is 13.0. The van der Waals surface area contributed by atoms with E-state index >= 15 is 0 Å². The van der Waals surface area contributed by atoms with Crippen LogP contribution in [-0.4, -0.2) is 53.1 Å². The average molecular weight is 394 g/mol. The van der Waals surface area contributed by atoms with E-state index in [0.29, 0.717) is 31.9 Å². The number of ether oxygens (including phenoxy) is 1. The van der Waals surface area contributed by atoms with Crippen molar-refractivity contribution in [2.75, 3.05) is 31.1 Å². The van der Waals surface area contributed by atoms with E-state index in [1.165, 1.54) is 6.92 Å². The molecule has 1 fully saturated rings. The molecule has 1 atom stereocenters. The molecule has 6 nitrogen and oxygen atoms in total. The predicted molar refractivity (Wildman–Crippen MR) is 97.1 cm³/mol. The Bertz CT molecular complexity index is 822. The van der Waals surface area contributed by atoms with Crippen LogP contribution < -0.4 is 9.64 Å². The lowest BCUT2D eigenvalue weighted by Crippen LogP contribution is -2.52. The van der Waals surface area contributed by atoms with Crippen molar-refractivity contribution in [1.29, 1.82) is 0 Å². The molecule has 28 heavy (non-hydrogen) atoms. The summed E-state index contributed by atoms with van der Waals surface area (Å²) < 4.78 is 44.6. The minimum Gasteiger partial charge on any atom is -0.481 e. The molecule has 1 aromatic carbocycles. The molecule has 9 heteroatoms. The standard InChI is InChI=1S/C19H21F3N4O2/c1-13(28-15-6-4-3-5-7-15)18(27)26-10-8-25(9-11-26)17-12-16(19(20,21)22)23-14(2)24-17/h3-7,12-13H,8-11H2,1-2H3. The number of hydrogen-bond donors (Lipinski definition) is 0. The number of nitrogens with zero attached hydrogens (tertiary/aromatic N) is 4. The Morgan fingerprint density at radius 1 is 1.11 bits per heavy atom. The minimum absolute atomic E-state index is 0.0632. The van der Waals surface area contributed by atoms with Crippen molar-refractivity contribution in [3.63, 3.8) is 0 Å². The number of amides is 1. The maximum Gasteiger partial charge on any atom is 0.433 e. The normalized spacial score (nSPS) is 16.0. The quantitative estimate of drug-likeness (QED) is 0.798. The number of halogens is 3. The lowest BCUT2D eigenvalue weighted by atomic mass is 10.2. The fraction of sp³-hybridized carbons (Fsp3) is 0.421. The summed E-state index contributed by atoms with van der Waals surface area (Å²) in [6.45, 7) is 4.65. The van der Waals surface area contributed by atoms with E-state index in [2.05, 4.69) is 9.97 Å². The second-order valence-electron chi connectivity index (χ2n) is 6.54. The third-order valence-corrected chi connectivity index (χ3v) is 4.43. The van der Waals surface area contributed by atoms with E-state index in [4.69, 9.17) is 4.74 Å².